The average molecular weight is 389 g/mol. The molecule has 2 aliphatic rings. The van der Waals surface area contributed by atoms with Gasteiger partial charge in [-0.3, -0.25) is 0 Å². The van der Waals surface area contributed by atoms with E-state index in [1.54, 1.807) is 6.92 Å². The lowest BCUT2D eigenvalue weighted by atomic mass is 9.93. The summed E-state index contributed by atoms with van der Waals surface area (Å²) in [7, 11) is 0. The minimum atomic E-state index is -0.437. The van der Waals surface area contributed by atoms with Gasteiger partial charge in [0.25, 0.3) is 0 Å². The highest BCUT2D eigenvalue weighted by Gasteiger charge is 2.44. The number of hydrogen-bond donors (Lipinski definition) is 0. The summed E-state index contributed by atoms with van der Waals surface area (Å²) < 4.78 is 11.7. The molecule has 148 valence electrons. The zero-order chi connectivity index (χ0) is 19.8. The van der Waals surface area contributed by atoms with E-state index in [9.17, 15) is 4.79 Å². The lowest BCUT2D eigenvalue weighted by molar-refractivity contribution is -0.0592. The maximum atomic E-state index is 12.7. The van der Waals surface area contributed by atoms with Gasteiger partial charge in [-0.25, -0.2) is 4.79 Å². The Bertz CT molecular complexity index is 1080. The summed E-state index contributed by atoms with van der Waals surface area (Å²) in [6, 6.07) is 16.3. The van der Waals surface area contributed by atoms with Crippen molar-refractivity contribution < 1.29 is 14.3 Å². The molecule has 5 rings (SSSR count). The van der Waals surface area contributed by atoms with E-state index in [1.165, 1.54) is 11.1 Å². The van der Waals surface area contributed by atoms with E-state index in [2.05, 4.69) is 39.4 Å². The molecule has 1 fully saturated rings. The van der Waals surface area contributed by atoms with Gasteiger partial charge in [0, 0.05) is 11.9 Å². The van der Waals surface area contributed by atoms with Crippen LogP contribution < -0.4 is 4.90 Å². The van der Waals surface area contributed by atoms with Crippen molar-refractivity contribution in [1.82, 2.24) is 10.2 Å². The summed E-state index contributed by atoms with van der Waals surface area (Å²) in [5, 5.41) is 9.42. The van der Waals surface area contributed by atoms with Crippen LogP contribution in [0, 0.1) is 0 Å². The van der Waals surface area contributed by atoms with Crippen LogP contribution in [0.5, 0.6) is 0 Å². The van der Waals surface area contributed by atoms with E-state index in [0.29, 0.717) is 26.3 Å². The molecule has 6 heteroatoms. The van der Waals surface area contributed by atoms with Gasteiger partial charge in [0.05, 0.1) is 31.0 Å². The molecule has 2 aromatic carbocycles. The van der Waals surface area contributed by atoms with Crippen LogP contribution in [0.3, 0.4) is 0 Å². The van der Waals surface area contributed by atoms with Crippen molar-refractivity contribution in [2.45, 2.75) is 25.4 Å². The first-order valence-electron chi connectivity index (χ1n) is 10.1. The van der Waals surface area contributed by atoms with Crippen LogP contribution in [0.15, 0.2) is 48.5 Å². The quantitative estimate of drug-likeness (QED) is 0.639. The first-order valence-corrected chi connectivity index (χ1v) is 10.1. The molecule has 1 atom stereocenters. The SMILES string of the molecule is CCOC(=O)c1nnc2ccccc2c1N1CCOC2(CCc3ccccc32)C1. The molecule has 29 heavy (non-hydrogen) atoms. The van der Waals surface area contributed by atoms with E-state index in [-0.39, 0.29) is 11.3 Å². The molecule has 0 saturated carbocycles. The Morgan fingerprint density at radius 2 is 2.00 bits per heavy atom. The topological polar surface area (TPSA) is 64.5 Å². The third kappa shape index (κ3) is 2.95. The lowest BCUT2D eigenvalue weighted by Gasteiger charge is -2.42. The van der Waals surface area contributed by atoms with Gasteiger partial charge in [0.2, 0.25) is 0 Å². The molecule has 1 spiro atoms. The Morgan fingerprint density at radius 1 is 1.17 bits per heavy atom. The predicted molar refractivity (Wildman–Crippen MR) is 110 cm³/mol. The zero-order valence-corrected chi connectivity index (χ0v) is 16.4. The Balaban J connectivity index is 1.62. The number of carbonyl (C=O) groups excluding carboxylic acids is 1. The Kier molecular flexibility index (Phi) is 4.43. The highest BCUT2D eigenvalue weighted by atomic mass is 16.5. The van der Waals surface area contributed by atoms with Crippen molar-refractivity contribution in [2.75, 3.05) is 31.2 Å². The van der Waals surface area contributed by atoms with E-state index in [1.807, 2.05) is 24.3 Å². The minimum Gasteiger partial charge on any atom is -0.461 e. The van der Waals surface area contributed by atoms with Crippen LogP contribution in [0.1, 0.15) is 35.0 Å². The lowest BCUT2D eigenvalue weighted by Crippen LogP contribution is -2.49. The van der Waals surface area contributed by atoms with Crippen molar-refractivity contribution in [3.8, 4) is 0 Å². The number of aromatic nitrogens is 2. The molecular formula is C23H23N3O3. The number of anilines is 1. The predicted octanol–water partition coefficient (Wildman–Crippen LogP) is 3.48. The second-order valence-electron chi connectivity index (χ2n) is 7.56. The minimum absolute atomic E-state index is 0.272. The monoisotopic (exact) mass is 389 g/mol. The van der Waals surface area contributed by atoms with Gasteiger partial charge in [-0.2, -0.15) is 0 Å². The van der Waals surface area contributed by atoms with Crippen LogP contribution in [0.25, 0.3) is 10.9 Å². The summed E-state index contributed by atoms with van der Waals surface area (Å²) in [5.74, 6) is -0.437. The Labute approximate surface area is 169 Å². The molecular weight excluding hydrogens is 366 g/mol. The van der Waals surface area contributed by atoms with Gasteiger partial charge in [-0.1, -0.05) is 42.5 Å². The molecule has 0 bridgehead atoms. The van der Waals surface area contributed by atoms with Crippen LogP contribution >= 0.6 is 0 Å². The normalized spacial score (nSPS) is 20.8. The van der Waals surface area contributed by atoms with Gasteiger partial charge in [-0.15, -0.1) is 10.2 Å². The largest absolute Gasteiger partial charge is 0.461 e. The average Bonchev–Trinajstić information content (AvgIpc) is 3.11. The van der Waals surface area contributed by atoms with Crippen molar-refractivity contribution in [1.29, 1.82) is 0 Å². The number of nitrogens with zero attached hydrogens (tertiary/aromatic N) is 3. The molecule has 1 aromatic heterocycles. The number of ether oxygens (including phenoxy) is 2. The van der Waals surface area contributed by atoms with Crippen LogP contribution in [0.4, 0.5) is 5.69 Å². The van der Waals surface area contributed by atoms with Gasteiger partial charge >= 0.3 is 5.97 Å². The number of benzene rings is 2. The molecule has 6 nitrogen and oxygen atoms in total. The van der Waals surface area contributed by atoms with Crippen molar-refractivity contribution in [3.05, 3.63) is 65.4 Å². The highest BCUT2D eigenvalue weighted by molar-refractivity contribution is 6.03. The van der Waals surface area contributed by atoms with E-state index < -0.39 is 5.97 Å². The fourth-order valence-electron chi connectivity index (χ4n) is 4.64. The standard InChI is InChI=1S/C23H23N3O3/c1-2-28-22(27)20-21(17-8-4-6-10-19(17)24-25-20)26-13-14-29-23(15-26)12-11-16-7-3-5-9-18(16)23/h3-10H,2,11-15H2,1H3. The van der Waals surface area contributed by atoms with E-state index >= 15 is 0 Å². The Hall–Kier alpha value is -2.99. The summed E-state index contributed by atoms with van der Waals surface area (Å²) in [5.41, 5.74) is 4.08. The number of aryl methyl sites for hydroxylation is 1. The maximum absolute atomic E-state index is 12.7. The molecule has 1 saturated heterocycles. The fraction of sp³-hybridized carbons (Fsp3) is 0.348. The molecule has 0 amide bonds. The fourth-order valence-corrected chi connectivity index (χ4v) is 4.64. The van der Waals surface area contributed by atoms with Crippen LogP contribution in [-0.2, 0) is 21.5 Å². The summed E-state index contributed by atoms with van der Waals surface area (Å²) in [4.78, 5) is 14.9. The maximum Gasteiger partial charge on any atom is 0.361 e. The molecule has 1 aliphatic heterocycles. The summed E-state index contributed by atoms with van der Waals surface area (Å²) >= 11 is 0. The van der Waals surface area contributed by atoms with E-state index in [4.69, 9.17) is 9.47 Å². The van der Waals surface area contributed by atoms with Gasteiger partial charge in [-0.05, 0) is 37.0 Å². The number of esters is 1. The van der Waals surface area contributed by atoms with Gasteiger partial charge < -0.3 is 14.4 Å². The molecule has 0 radical (unpaired) electrons. The molecule has 0 N–H and O–H groups in total. The molecule has 3 aromatic rings. The number of rotatable bonds is 3. The smallest absolute Gasteiger partial charge is 0.361 e. The van der Waals surface area contributed by atoms with Gasteiger partial charge in [0.15, 0.2) is 5.69 Å². The molecule has 2 heterocycles. The number of fused-ring (bicyclic) bond motifs is 3. The van der Waals surface area contributed by atoms with Crippen LogP contribution in [-0.4, -0.2) is 42.5 Å². The second-order valence-corrected chi connectivity index (χ2v) is 7.56. The highest BCUT2D eigenvalue weighted by Crippen LogP contribution is 2.44. The van der Waals surface area contributed by atoms with Crippen molar-refractivity contribution in [3.63, 3.8) is 0 Å². The number of carbonyl (C=O) groups is 1. The molecule has 1 aliphatic carbocycles. The molecule has 1 unspecified atom stereocenters. The summed E-state index contributed by atoms with van der Waals surface area (Å²) in [6.07, 6.45) is 1.94. The van der Waals surface area contributed by atoms with Crippen molar-refractivity contribution in [2.24, 2.45) is 0 Å². The third-order valence-corrected chi connectivity index (χ3v) is 5.92. The van der Waals surface area contributed by atoms with Crippen molar-refractivity contribution >= 4 is 22.6 Å². The number of hydrogen-bond acceptors (Lipinski definition) is 6. The first-order chi connectivity index (χ1) is 14.2. The number of morpholine rings is 1. The Morgan fingerprint density at radius 3 is 2.90 bits per heavy atom. The van der Waals surface area contributed by atoms with E-state index in [0.717, 1.165) is 29.4 Å². The van der Waals surface area contributed by atoms with Crippen LogP contribution in [0.2, 0.25) is 0 Å². The summed E-state index contributed by atoms with van der Waals surface area (Å²) in [6.45, 7) is 4.05. The third-order valence-electron chi connectivity index (χ3n) is 5.92. The second kappa shape index (κ2) is 7.12. The zero-order valence-electron chi connectivity index (χ0n) is 16.4. The van der Waals surface area contributed by atoms with Gasteiger partial charge in [0.1, 0.15) is 5.60 Å². The first kappa shape index (κ1) is 18.1.